The third-order valence-corrected chi connectivity index (χ3v) is 3.30. The molecule has 0 spiro atoms. The molecule has 1 aliphatic rings. The minimum Gasteiger partial charge on any atom is -0.390 e. The number of morpholine rings is 1. The van der Waals surface area contributed by atoms with Crippen LogP contribution in [-0.4, -0.2) is 86.5 Å². The van der Waals surface area contributed by atoms with E-state index in [4.69, 9.17) is 9.47 Å². The predicted molar refractivity (Wildman–Crippen MR) is 73.3 cm³/mol. The highest BCUT2D eigenvalue weighted by Gasteiger charge is 2.20. The van der Waals surface area contributed by atoms with E-state index in [1.165, 1.54) is 0 Å². The van der Waals surface area contributed by atoms with Crippen LogP contribution in [0.2, 0.25) is 0 Å². The van der Waals surface area contributed by atoms with Crippen molar-refractivity contribution in [1.82, 2.24) is 10.2 Å². The summed E-state index contributed by atoms with van der Waals surface area (Å²) >= 11 is 0. The maximum atomic E-state index is 10.0. The van der Waals surface area contributed by atoms with Gasteiger partial charge in [0.05, 0.1) is 24.9 Å². The van der Waals surface area contributed by atoms with Gasteiger partial charge in [-0.25, -0.2) is 0 Å². The molecule has 1 rings (SSSR count). The van der Waals surface area contributed by atoms with Gasteiger partial charge in [0.2, 0.25) is 0 Å². The summed E-state index contributed by atoms with van der Waals surface area (Å²) in [4.78, 5) is 2.19. The van der Waals surface area contributed by atoms with E-state index in [1.807, 2.05) is 0 Å². The molecule has 6 heteroatoms. The van der Waals surface area contributed by atoms with Gasteiger partial charge in [-0.3, -0.25) is 4.90 Å². The smallest absolute Gasteiger partial charge is 0.0791 e. The topological polar surface area (TPSA) is 74.2 Å². The number of aliphatic hydroxyl groups excluding tert-OH is 1. The van der Waals surface area contributed by atoms with Crippen LogP contribution in [0.5, 0.6) is 0 Å². The molecule has 3 N–H and O–H groups in total. The van der Waals surface area contributed by atoms with Crippen molar-refractivity contribution in [1.29, 1.82) is 0 Å². The second-order valence-corrected chi connectivity index (χ2v) is 5.44. The number of β-amino-alcohol motifs (C(OH)–C–C–N with tert-alkyl or cyclic N) is 1. The van der Waals surface area contributed by atoms with Gasteiger partial charge in [-0.1, -0.05) is 0 Å². The van der Waals surface area contributed by atoms with Crippen LogP contribution in [0.15, 0.2) is 0 Å². The Morgan fingerprint density at radius 1 is 1.42 bits per heavy atom. The van der Waals surface area contributed by atoms with Crippen LogP contribution in [0.1, 0.15) is 13.3 Å². The largest absolute Gasteiger partial charge is 0.390 e. The second kappa shape index (κ2) is 8.84. The number of methoxy groups -OCH3 is 1. The fraction of sp³-hybridized carbons (Fsp3) is 1.00. The fourth-order valence-corrected chi connectivity index (χ4v) is 2.06. The Morgan fingerprint density at radius 3 is 2.74 bits per heavy atom. The van der Waals surface area contributed by atoms with Crippen LogP contribution in [0.25, 0.3) is 0 Å². The zero-order chi connectivity index (χ0) is 14.1. The molecule has 1 fully saturated rings. The normalized spacial score (nSPS) is 22.1. The van der Waals surface area contributed by atoms with Crippen molar-refractivity contribution < 1.29 is 19.7 Å². The van der Waals surface area contributed by atoms with Crippen molar-refractivity contribution in [3.63, 3.8) is 0 Å². The number of hydrogen-bond donors (Lipinski definition) is 3. The van der Waals surface area contributed by atoms with Gasteiger partial charge in [-0.05, 0) is 6.92 Å². The summed E-state index contributed by atoms with van der Waals surface area (Å²) in [6.07, 6.45) is 0.159. The van der Waals surface area contributed by atoms with Crippen molar-refractivity contribution in [2.24, 2.45) is 0 Å². The van der Waals surface area contributed by atoms with Crippen molar-refractivity contribution >= 4 is 0 Å². The molecular formula is C13H28N2O4. The van der Waals surface area contributed by atoms with E-state index < -0.39 is 11.7 Å². The van der Waals surface area contributed by atoms with Gasteiger partial charge < -0.3 is 25.0 Å². The summed E-state index contributed by atoms with van der Waals surface area (Å²) in [5.74, 6) is 0. The fourth-order valence-electron chi connectivity index (χ4n) is 2.06. The van der Waals surface area contributed by atoms with Gasteiger partial charge in [-0.2, -0.15) is 0 Å². The molecule has 6 nitrogen and oxygen atoms in total. The zero-order valence-corrected chi connectivity index (χ0v) is 12.1. The molecule has 2 unspecified atom stereocenters. The quantitative estimate of drug-likeness (QED) is 0.505. The van der Waals surface area contributed by atoms with Gasteiger partial charge in [-0.15, -0.1) is 0 Å². The van der Waals surface area contributed by atoms with E-state index in [-0.39, 0.29) is 0 Å². The number of ether oxygens (including phenoxy) is 2. The Balaban J connectivity index is 2.10. The lowest BCUT2D eigenvalue weighted by molar-refractivity contribution is 0.00841. The van der Waals surface area contributed by atoms with E-state index in [2.05, 4.69) is 10.2 Å². The zero-order valence-electron chi connectivity index (χ0n) is 12.1. The summed E-state index contributed by atoms with van der Waals surface area (Å²) in [7, 11) is 1.62. The predicted octanol–water partition coefficient (Wildman–Crippen LogP) is -0.943. The Hall–Kier alpha value is -0.240. The first-order chi connectivity index (χ1) is 9.03. The van der Waals surface area contributed by atoms with Crippen molar-refractivity contribution in [2.75, 3.05) is 59.7 Å². The van der Waals surface area contributed by atoms with E-state index in [1.54, 1.807) is 14.0 Å². The minimum atomic E-state index is -0.797. The SMILES string of the molecule is COCCC(C)(O)CNCC(O)CN1CCOCC1. The first-order valence-electron chi connectivity index (χ1n) is 6.94. The van der Waals surface area contributed by atoms with Crippen LogP contribution in [0.3, 0.4) is 0 Å². The van der Waals surface area contributed by atoms with Crippen LogP contribution in [0, 0.1) is 0 Å². The lowest BCUT2D eigenvalue weighted by atomic mass is 10.0. The summed E-state index contributed by atoms with van der Waals surface area (Å²) in [5, 5.41) is 23.1. The van der Waals surface area contributed by atoms with Crippen molar-refractivity contribution in [3.8, 4) is 0 Å². The molecule has 114 valence electrons. The molecule has 1 aliphatic heterocycles. The Bertz CT molecular complexity index is 233. The molecule has 1 heterocycles. The third kappa shape index (κ3) is 7.81. The number of aliphatic hydroxyl groups is 2. The molecule has 0 aromatic carbocycles. The van der Waals surface area contributed by atoms with E-state index >= 15 is 0 Å². The highest BCUT2D eigenvalue weighted by molar-refractivity contribution is 4.77. The monoisotopic (exact) mass is 276 g/mol. The first kappa shape index (κ1) is 16.8. The van der Waals surface area contributed by atoms with E-state index in [0.717, 1.165) is 26.3 Å². The number of nitrogens with zero attached hydrogens (tertiary/aromatic N) is 1. The molecular weight excluding hydrogens is 248 g/mol. The lowest BCUT2D eigenvalue weighted by Crippen LogP contribution is -2.46. The summed E-state index contributed by atoms with van der Waals surface area (Å²) in [6, 6.07) is 0. The molecule has 0 aromatic rings. The molecule has 1 saturated heterocycles. The van der Waals surface area contributed by atoms with Crippen LogP contribution in [-0.2, 0) is 9.47 Å². The minimum absolute atomic E-state index is 0.420. The van der Waals surface area contributed by atoms with Crippen molar-refractivity contribution in [3.05, 3.63) is 0 Å². The van der Waals surface area contributed by atoms with Crippen LogP contribution in [0.4, 0.5) is 0 Å². The maximum absolute atomic E-state index is 10.0. The standard InChI is InChI=1S/C13H28N2O4/c1-13(17,3-6-18-2)11-14-9-12(16)10-15-4-7-19-8-5-15/h12,14,16-17H,3-11H2,1-2H3. The number of hydrogen-bond acceptors (Lipinski definition) is 6. The molecule has 2 atom stereocenters. The summed E-state index contributed by atoms with van der Waals surface area (Å²) in [6.45, 7) is 7.13. The van der Waals surface area contributed by atoms with Gasteiger partial charge in [0, 0.05) is 52.9 Å². The molecule has 0 aliphatic carbocycles. The van der Waals surface area contributed by atoms with Gasteiger partial charge >= 0.3 is 0 Å². The van der Waals surface area contributed by atoms with Crippen LogP contribution >= 0.6 is 0 Å². The molecule has 0 amide bonds. The van der Waals surface area contributed by atoms with Gasteiger partial charge in [0.1, 0.15) is 0 Å². The van der Waals surface area contributed by atoms with Gasteiger partial charge in [0.15, 0.2) is 0 Å². The van der Waals surface area contributed by atoms with E-state index in [9.17, 15) is 10.2 Å². The average Bonchev–Trinajstić information content (AvgIpc) is 2.37. The highest BCUT2D eigenvalue weighted by atomic mass is 16.5. The molecule has 19 heavy (non-hydrogen) atoms. The van der Waals surface area contributed by atoms with Crippen LogP contribution < -0.4 is 5.32 Å². The average molecular weight is 276 g/mol. The first-order valence-corrected chi connectivity index (χ1v) is 6.94. The van der Waals surface area contributed by atoms with Crippen molar-refractivity contribution in [2.45, 2.75) is 25.0 Å². The van der Waals surface area contributed by atoms with E-state index in [0.29, 0.717) is 32.7 Å². The highest BCUT2D eigenvalue weighted by Crippen LogP contribution is 2.07. The number of nitrogens with one attached hydrogen (secondary N) is 1. The second-order valence-electron chi connectivity index (χ2n) is 5.44. The molecule has 0 radical (unpaired) electrons. The Kier molecular flexibility index (Phi) is 7.82. The summed E-state index contributed by atoms with van der Waals surface area (Å²) < 4.78 is 10.2. The molecule has 0 bridgehead atoms. The Morgan fingerprint density at radius 2 is 2.11 bits per heavy atom. The third-order valence-electron chi connectivity index (χ3n) is 3.30. The Labute approximate surface area is 115 Å². The summed E-state index contributed by atoms with van der Waals surface area (Å²) in [5.41, 5.74) is -0.797. The number of rotatable bonds is 9. The molecule has 0 saturated carbocycles. The van der Waals surface area contributed by atoms with Gasteiger partial charge in [0.25, 0.3) is 0 Å². The lowest BCUT2D eigenvalue weighted by Gasteiger charge is -2.29. The maximum Gasteiger partial charge on any atom is 0.0791 e. The molecule has 0 aromatic heterocycles.